The number of hydrogen-bond donors (Lipinski definition) is 2. The Balaban J connectivity index is 1.54. The maximum absolute atomic E-state index is 14.7. The van der Waals surface area contributed by atoms with Crippen molar-refractivity contribution in [1.82, 2.24) is 0 Å². The van der Waals surface area contributed by atoms with E-state index in [2.05, 4.69) is 10.0 Å². The molecule has 0 aliphatic rings. The standard InChI is InChI=1S/C25H18ClFN2O3S2/c26-20-11-5-4-10-19(20)25(30)28-22-15-14-18(16-21(22)27)34(31,32)29-23-12-6-7-13-24(23)33-17-8-2-1-3-9-17/h1-16,29H,(H,28,30). The van der Waals surface area contributed by atoms with Crippen LogP contribution in [0.25, 0.3) is 0 Å². The first-order valence-electron chi connectivity index (χ1n) is 10.0. The van der Waals surface area contributed by atoms with Crippen LogP contribution in [0.1, 0.15) is 10.4 Å². The zero-order chi connectivity index (χ0) is 24.1. The molecule has 0 fully saturated rings. The molecule has 0 unspecified atom stereocenters. The van der Waals surface area contributed by atoms with Gasteiger partial charge in [0.1, 0.15) is 5.82 Å². The molecule has 0 aliphatic heterocycles. The Bertz CT molecular complexity index is 1450. The van der Waals surface area contributed by atoms with Gasteiger partial charge in [0.15, 0.2) is 0 Å². The predicted molar refractivity (Wildman–Crippen MR) is 134 cm³/mol. The molecule has 0 heterocycles. The van der Waals surface area contributed by atoms with E-state index in [-0.39, 0.29) is 21.2 Å². The third-order valence-electron chi connectivity index (χ3n) is 4.72. The zero-order valence-corrected chi connectivity index (χ0v) is 19.9. The third kappa shape index (κ3) is 5.59. The van der Waals surface area contributed by atoms with Crippen LogP contribution >= 0.6 is 23.4 Å². The van der Waals surface area contributed by atoms with Gasteiger partial charge >= 0.3 is 0 Å². The van der Waals surface area contributed by atoms with Gasteiger partial charge in [-0.05, 0) is 54.6 Å². The number of carbonyl (C=O) groups is 1. The van der Waals surface area contributed by atoms with Gasteiger partial charge in [-0.25, -0.2) is 12.8 Å². The number of para-hydroxylation sites is 1. The molecule has 4 rings (SSSR count). The Kier molecular flexibility index (Phi) is 7.21. The first-order chi connectivity index (χ1) is 16.3. The number of amides is 1. The molecule has 9 heteroatoms. The second-order valence-corrected chi connectivity index (χ2v) is 10.3. The Labute approximate surface area is 206 Å². The van der Waals surface area contributed by atoms with E-state index in [1.54, 1.807) is 42.5 Å². The quantitative estimate of drug-likeness (QED) is 0.289. The number of rotatable bonds is 7. The van der Waals surface area contributed by atoms with Gasteiger partial charge in [-0.2, -0.15) is 0 Å². The van der Waals surface area contributed by atoms with Gasteiger partial charge in [-0.1, -0.05) is 65.8 Å². The van der Waals surface area contributed by atoms with Crippen molar-refractivity contribution >= 4 is 50.7 Å². The van der Waals surface area contributed by atoms with Crippen molar-refractivity contribution in [3.05, 3.63) is 113 Å². The summed E-state index contributed by atoms with van der Waals surface area (Å²) in [5, 5.41) is 2.63. The monoisotopic (exact) mass is 512 g/mol. The lowest BCUT2D eigenvalue weighted by molar-refractivity contribution is 0.102. The van der Waals surface area contributed by atoms with Crippen molar-refractivity contribution in [1.29, 1.82) is 0 Å². The first-order valence-corrected chi connectivity index (χ1v) is 12.7. The van der Waals surface area contributed by atoms with E-state index in [0.29, 0.717) is 10.6 Å². The van der Waals surface area contributed by atoms with Crippen molar-refractivity contribution in [2.75, 3.05) is 10.0 Å². The molecule has 0 bridgehead atoms. The molecule has 0 spiro atoms. The molecule has 2 N–H and O–H groups in total. The van der Waals surface area contributed by atoms with Gasteiger partial charge in [-0.15, -0.1) is 0 Å². The van der Waals surface area contributed by atoms with Crippen LogP contribution in [0.15, 0.2) is 112 Å². The van der Waals surface area contributed by atoms with Crippen LogP contribution in [0.2, 0.25) is 5.02 Å². The van der Waals surface area contributed by atoms with Gasteiger partial charge < -0.3 is 5.32 Å². The molecule has 5 nitrogen and oxygen atoms in total. The van der Waals surface area contributed by atoms with Gasteiger partial charge in [0.25, 0.3) is 15.9 Å². The smallest absolute Gasteiger partial charge is 0.262 e. The lowest BCUT2D eigenvalue weighted by Gasteiger charge is -2.13. The number of sulfonamides is 1. The Morgan fingerprint density at radius 3 is 2.24 bits per heavy atom. The summed E-state index contributed by atoms with van der Waals surface area (Å²) in [7, 11) is -4.09. The molecular formula is C25H18ClFN2O3S2. The van der Waals surface area contributed by atoms with Crippen molar-refractivity contribution in [2.24, 2.45) is 0 Å². The number of nitrogens with one attached hydrogen (secondary N) is 2. The highest BCUT2D eigenvalue weighted by Gasteiger charge is 2.20. The van der Waals surface area contributed by atoms with Crippen LogP contribution < -0.4 is 10.0 Å². The summed E-state index contributed by atoms with van der Waals surface area (Å²) >= 11 is 7.41. The van der Waals surface area contributed by atoms with E-state index in [1.807, 2.05) is 30.3 Å². The lowest BCUT2D eigenvalue weighted by Crippen LogP contribution is -2.16. The highest BCUT2D eigenvalue weighted by atomic mass is 35.5. The van der Waals surface area contributed by atoms with Crippen LogP contribution in [0.3, 0.4) is 0 Å². The van der Waals surface area contributed by atoms with E-state index in [9.17, 15) is 17.6 Å². The number of anilines is 2. The summed E-state index contributed by atoms with van der Waals surface area (Å²) in [6.07, 6.45) is 0. The minimum absolute atomic E-state index is 0.163. The summed E-state index contributed by atoms with van der Waals surface area (Å²) in [6, 6.07) is 26.1. The molecule has 34 heavy (non-hydrogen) atoms. The van der Waals surface area contributed by atoms with Gasteiger partial charge in [0.2, 0.25) is 0 Å². The lowest BCUT2D eigenvalue weighted by atomic mass is 10.2. The largest absolute Gasteiger partial charge is 0.319 e. The van der Waals surface area contributed by atoms with Crippen molar-refractivity contribution in [2.45, 2.75) is 14.7 Å². The second-order valence-electron chi connectivity index (χ2n) is 7.09. The summed E-state index contributed by atoms with van der Waals surface area (Å²) in [6.45, 7) is 0. The Morgan fingerprint density at radius 2 is 1.50 bits per heavy atom. The fourth-order valence-electron chi connectivity index (χ4n) is 3.06. The summed E-state index contributed by atoms with van der Waals surface area (Å²) in [4.78, 5) is 13.8. The summed E-state index contributed by atoms with van der Waals surface area (Å²) in [5.41, 5.74) is 0.381. The highest BCUT2D eigenvalue weighted by molar-refractivity contribution is 7.99. The SMILES string of the molecule is O=C(Nc1ccc(S(=O)(=O)Nc2ccccc2Sc2ccccc2)cc1F)c1ccccc1Cl. The van der Waals surface area contributed by atoms with Crippen molar-refractivity contribution in [3.8, 4) is 0 Å². The molecule has 172 valence electrons. The van der Waals surface area contributed by atoms with E-state index >= 15 is 0 Å². The predicted octanol–water partition coefficient (Wildman–Crippen LogP) is 6.68. The number of halogens is 2. The molecule has 4 aromatic carbocycles. The molecule has 0 radical (unpaired) electrons. The second kappa shape index (κ2) is 10.3. The molecule has 0 saturated heterocycles. The summed E-state index contributed by atoms with van der Waals surface area (Å²) < 4.78 is 43.2. The van der Waals surface area contributed by atoms with Crippen molar-refractivity contribution < 1.29 is 17.6 Å². The molecule has 0 aliphatic carbocycles. The molecule has 0 saturated carbocycles. The number of carbonyl (C=O) groups excluding carboxylic acids is 1. The topological polar surface area (TPSA) is 75.3 Å². The van der Waals surface area contributed by atoms with Gasteiger partial charge in [0.05, 0.1) is 26.9 Å². The molecule has 1 amide bonds. The van der Waals surface area contributed by atoms with Crippen LogP contribution in [0.4, 0.5) is 15.8 Å². The van der Waals surface area contributed by atoms with E-state index in [1.165, 1.54) is 30.0 Å². The molecular weight excluding hydrogens is 495 g/mol. The number of benzene rings is 4. The maximum Gasteiger partial charge on any atom is 0.262 e. The van der Waals surface area contributed by atoms with Crippen LogP contribution in [-0.4, -0.2) is 14.3 Å². The molecule has 0 aromatic heterocycles. The summed E-state index contributed by atoms with van der Waals surface area (Å²) in [5.74, 6) is -1.50. The van der Waals surface area contributed by atoms with Gasteiger partial charge in [-0.3, -0.25) is 9.52 Å². The fraction of sp³-hybridized carbons (Fsp3) is 0. The third-order valence-corrected chi connectivity index (χ3v) is 7.50. The van der Waals surface area contributed by atoms with E-state index < -0.39 is 21.7 Å². The van der Waals surface area contributed by atoms with Crippen LogP contribution in [0.5, 0.6) is 0 Å². The van der Waals surface area contributed by atoms with E-state index in [4.69, 9.17) is 11.6 Å². The fourth-order valence-corrected chi connectivity index (χ4v) is 5.36. The molecule has 4 aromatic rings. The zero-order valence-electron chi connectivity index (χ0n) is 17.5. The van der Waals surface area contributed by atoms with E-state index in [0.717, 1.165) is 11.0 Å². The van der Waals surface area contributed by atoms with Crippen molar-refractivity contribution in [3.63, 3.8) is 0 Å². The maximum atomic E-state index is 14.7. The average Bonchev–Trinajstić information content (AvgIpc) is 2.82. The van der Waals surface area contributed by atoms with Crippen LogP contribution in [0, 0.1) is 5.82 Å². The Hall–Kier alpha value is -3.33. The van der Waals surface area contributed by atoms with Gasteiger partial charge in [0, 0.05) is 9.79 Å². The first kappa shape index (κ1) is 23.8. The highest BCUT2D eigenvalue weighted by Crippen LogP contribution is 2.34. The average molecular weight is 513 g/mol. The molecule has 0 atom stereocenters. The minimum Gasteiger partial charge on any atom is -0.319 e. The van der Waals surface area contributed by atoms with Crippen LogP contribution in [-0.2, 0) is 10.0 Å². The normalized spacial score (nSPS) is 11.1. The number of hydrogen-bond acceptors (Lipinski definition) is 4. The Morgan fingerprint density at radius 1 is 0.824 bits per heavy atom. The minimum atomic E-state index is -4.09.